The number of nitrogens with zero attached hydrogens (tertiary/aromatic N) is 3. The third-order valence-electron chi connectivity index (χ3n) is 5.25. The van der Waals surface area contributed by atoms with Gasteiger partial charge in [-0.1, -0.05) is 12.5 Å². The van der Waals surface area contributed by atoms with Gasteiger partial charge in [0.15, 0.2) is 0 Å². The topological polar surface area (TPSA) is 60.5 Å². The average Bonchev–Trinajstić information content (AvgIpc) is 3.18. The van der Waals surface area contributed by atoms with Gasteiger partial charge >= 0.3 is 0 Å². The van der Waals surface area contributed by atoms with Gasteiger partial charge in [0.2, 0.25) is 5.91 Å². The lowest BCUT2D eigenvalue weighted by Gasteiger charge is -2.37. The van der Waals surface area contributed by atoms with E-state index < -0.39 is 0 Å². The van der Waals surface area contributed by atoms with Crippen LogP contribution in [-0.2, 0) is 4.79 Å². The Labute approximate surface area is 130 Å². The number of aromatic nitrogens is 1. The summed E-state index contributed by atoms with van der Waals surface area (Å²) in [5.74, 6) is 1.75. The Morgan fingerprint density at radius 2 is 2.00 bits per heavy atom. The van der Waals surface area contributed by atoms with Crippen LogP contribution in [0.25, 0.3) is 0 Å². The lowest BCUT2D eigenvalue weighted by molar-refractivity contribution is -0.134. The van der Waals surface area contributed by atoms with E-state index in [9.17, 15) is 4.79 Å². The van der Waals surface area contributed by atoms with Crippen molar-refractivity contribution in [3.8, 4) is 0 Å². The van der Waals surface area contributed by atoms with E-state index in [0.717, 1.165) is 38.4 Å². The molecule has 0 aromatic carbocycles. The molecule has 2 saturated heterocycles. The number of anilines is 1. The molecule has 3 heterocycles. The zero-order chi connectivity index (χ0) is 14.9. The zero-order valence-electron chi connectivity index (χ0n) is 12.7. The molecule has 1 aromatic heterocycles. The summed E-state index contributed by atoms with van der Waals surface area (Å²) in [5, 5.41) is 0. The maximum atomic E-state index is 12.8. The molecule has 3 fully saturated rings. The van der Waals surface area contributed by atoms with E-state index >= 15 is 0 Å². The van der Waals surface area contributed by atoms with Gasteiger partial charge in [0.05, 0.1) is 0 Å². The van der Waals surface area contributed by atoms with Crippen LogP contribution in [0, 0.1) is 5.92 Å². The number of amides is 1. The maximum absolute atomic E-state index is 12.8. The second-order valence-electron chi connectivity index (χ2n) is 6.47. The molecule has 0 spiro atoms. The van der Waals surface area contributed by atoms with Gasteiger partial charge < -0.3 is 9.80 Å². The number of pyridine rings is 1. The van der Waals surface area contributed by atoms with E-state index in [0.29, 0.717) is 12.0 Å². The van der Waals surface area contributed by atoms with Gasteiger partial charge in [-0.15, -0.1) is 0 Å². The van der Waals surface area contributed by atoms with Crippen LogP contribution < -0.4 is 15.8 Å². The Morgan fingerprint density at radius 1 is 1.14 bits per heavy atom. The molecule has 3 unspecified atom stereocenters. The van der Waals surface area contributed by atoms with Crippen molar-refractivity contribution >= 4 is 11.7 Å². The van der Waals surface area contributed by atoms with Crippen LogP contribution in [0.3, 0.4) is 0 Å². The summed E-state index contributed by atoms with van der Waals surface area (Å²) in [6, 6.07) is 6.43. The number of hydrazine groups is 1. The van der Waals surface area contributed by atoms with E-state index in [1.807, 2.05) is 29.3 Å². The first kappa shape index (κ1) is 14.0. The predicted molar refractivity (Wildman–Crippen MR) is 84.2 cm³/mol. The molecule has 6 nitrogen and oxygen atoms in total. The van der Waals surface area contributed by atoms with E-state index in [1.54, 1.807) is 0 Å². The Morgan fingerprint density at radius 3 is 2.77 bits per heavy atom. The lowest BCUT2D eigenvalue weighted by Crippen LogP contribution is -2.55. The molecular weight excluding hydrogens is 278 g/mol. The van der Waals surface area contributed by atoms with Crippen LogP contribution in [0.1, 0.15) is 19.3 Å². The Balaban J connectivity index is 1.36. The van der Waals surface area contributed by atoms with Crippen LogP contribution in [0.4, 0.5) is 5.82 Å². The summed E-state index contributed by atoms with van der Waals surface area (Å²) < 4.78 is 0. The molecule has 1 aliphatic carbocycles. The van der Waals surface area contributed by atoms with Crippen molar-refractivity contribution in [2.45, 2.75) is 31.3 Å². The molecule has 0 bridgehead atoms. The fourth-order valence-electron chi connectivity index (χ4n) is 4.01. The minimum atomic E-state index is -0.0334. The standard InChI is InChI=1S/C16H23N5O/c22-16(15-12-4-3-5-13(12)18-19-15)21-10-8-20(9-11-21)14-6-1-2-7-17-14/h1-2,6-7,12-13,15,18-19H,3-5,8-11H2. The van der Waals surface area contributed by atoms with Gasteiger partial charge in [0.25, 0.3) is 0 Å². The highest BCUT2D eigenvalue weighted by atomic mass is 16.2. The Hall–Kier alpha value is -1.66. The molecule has 2 N–H and O–H groups in total. The second-order valence-corrected chi connectivity index (χ2v) is 6.47. The first-order chi connectivity index (χ1) is 10.8. The van der Waals surface area contributed by atoms with Gasteiger partial charge in [0.1, 0.15) is 11.9 Å². The summed E-state index contributed by atoms with van der Waals surface area (Å²) in [6.45, 7) is 3.28. The van der Waals surface area contributed by atoms with Crippen molar-refractivity contribution < 1.29 is 4.79 Å². The number of piperazine rings is 1. The highest BCUT2D eigenvalue weighted by Gasteiger charge is 2.44. The highest BCUT2D eigenvalue weighted by Crippen LogP contribution is 2.32. The van der Waals surface area contributed by atoms with E-state index in [2.05, 4.69) is 20.7 Å². The molecule has 3 atom stereocenters. The second kappa shape index (κ2) is 5.85. The summed E-state index contributed by atoms with van der Waals surface area (Å²) in [5.41, 5.74) is 6.54. The molecule has 1 amide bonds. The number of hydrogen-bond acceptors (Lipinski definition) is 5. The van der Waals surface area contributed by atoms with Crippen LogP contribution in [0.5, 0.6) is 0 Å². The van der Waals surface area contributed by atoms with Crippen LogP contribution in [-0.4, -0.2) is 54.1 Å². The summed E-state index contributed by atoms with van der Waals surface area (Å²) in [4.78, 5) is 21.4. The van der Waals surface area contributed by atoms with Crippen molar-refractivity contribution in [2.24, 2.45) is 5.92 Å². The minimum absolute atomic E-state index is 0.0334. The van der Waals surface area contributed by atoms with Gasteiger partial charge in [0, 0.05) is 44.3 Å². The first-order valence-electron chi connectivity index (χ1n) is 8.29. The van der Waals surface area contributed by atoms with Gasteiger partial charge in [-0.3, -0.25) is 10.2 Å². The van der Waals surface area contributed by atoms with Crippen molar-refractivity contribution in [3.63, 3.8) is 0 Å². The molecule has 6 heteroatoms. The third kappa shape index (κ3) is 2.46. The van der Waals surface area contributed by atoms with Crippen molar-refractivity contribution in [3.05, 3.63) is 24.4 Å². The molecule has 3 aliphatic rings. The number of carbonyl (C=O) groups is 1. The summed E-state index contributed by atoms with van der Waals surface area (Å²) in [7, 11) is 0. The number of nitrogens with one attached hydrogen (secondary N) is 2. The zero-order valence-corrected chi connectivity index (χ0v) is 12.7. The maximum Gasteiger partial charge on any atom is 0.241 e. The summed E-state index contributed by atoms with van der Waals surface area (Å²) >= 11 is 0. The number of rotatable bonds is 2. The van der Waals surface area contributed by atoms with Gasteiger partial charge in [-0.2, -0.15) is 0 Å². The third-order valence-corrected chi connectivity index (χ3v) is 5.25. The fourth-order valence-corrected chi connectivity index (χ4v) is 4.01. The van der Waals surface area contributed by atoms with Crippen LogP contribution in [0.15, 0.2) is 24.4 Å². The quantitative estimate of drug-likeness (QED) is 0.827. The SMILES string of the molecule is O=C(C1NNC2CCCC21)N1CCN(c2ccccn2)CC1. The van der Waals surface area contributed by atoms with Crippen molar-refractivity contribution in [1.82, 2.24) is 20.7 Å². The molecular formula is C16H23N5O. The number of carbonyl (C=O) groups excluding carboxylic acids is 1. The first-order valence-corrected chi connectivity index (χ1v) is 8.29. The fraction of sp³-hybridized carbons (Fsp3) is 0.625. The molecule has 118 valence electrons. The summed E-state index contributed by atoms with van der Waals surface area (Å²) in [6.07, 6.45) is 5.41. The average molecular weight is 301 g/mol. The van der Waals surface area contributed by atoms with E-state index in [-0.39, 0.29) is 11.9 Å². The smallest absolute Gasteiger partial charge is 0.241 e. The van der Waals surface area contributed by atoms with Gasteiger partial charge in [-0.25, -0.2) is 10.4 Å². The molecule has 1 saturated carbocycles. The lowest BCUT2D eigenvalue weighted by atomic mass is 9.96. The normalized spacial score (nSPS) is 31.4. The van der Waals surface area contributed by atoms with Crippen LogP contribution >= 0.6 is 0 Å². The Bertz CT molecular complexity index is 529. The molecule has 0 radical (unpaired) electrons. The Kier molecular flexibility index (Phi) is 3.72. The van der Waals surface area contributed by atoms with Crippen LogP contribution in [0.2, 0.25) is 0 Å². The predicted octanol–water partition coefficient (Wildman–Crippen LogP) is 0.375. The van der Waals surface area contributed by atoms with E-state index in [4.69, 9.17) is 0 Å². The number of fused-ring (bicyclic) bond motifs is 1. The minimum Gasteiger partial charge on any atom is -0.353 e. The molecule has 2 aliphatic heterocycles. The largest absolute Gasteiger partial charge is 0.353 e. The molecule has 22 heavy (non-hydrogen) atoms. The highest BCUT2D eigenvalue weighted by molar-refractivity contribution is 5.83. The van der Waals surface area contributed by atoms with E-state index in [1.165, 1.54) is 12.8 Å². The van der Waals surface area contributed by atoms with Gasteiger partial charge in [-0.05, 0) is 25.0 Å². The number of hydrogen-bond donors (Lipinski definition) is 2. The molecule has 4 rings (SSSR count). The van der Waals surface area contributed by atoms with Crippen molar-refractivity contribution in [1.29, 1.82) is 0 Å². The molecule has 1 aromatic rings. The van der Waals surface area contributed by atoms with Crippen molar-refractivity contribution in [2.75, 3.05) is 31.1 Å². The monoisotopic (exact) mass is 301 g/mol.